The van der Waals surface area contributed by atoms with Crippen LogP contribution in [-0.2, 0) is 0 Å². The van der Waals surface area contributed by atoms with Crippen LogP contribution in [0.2, 0.25) is 0 Å². The third-order valence-corrected chi connectivity index (χ3v) is 2.93. The van der Waals surface area contributed by atoms with Crippen LogP contribution >= 0.6 is 0 Å². The molecule has 0 atom stereocenters. The minimum absolute atomic E-state index is 0.189. The lowest BCUT2D eigenvalue weighted by Gasteiger charge is -2.27. The molecule has 0 amide bonds. The summed E-state index contributed by atoms with van der Waals surface area (Å²) >= 11 is 0. The van der Waals surface area contributed by atoms with Crippen LogP contribution in [0.3, 0.4) is 0 Å². The third-order valence-electron chi connectivity index (χ3n) is 2.93. The molecule has 5 heteroatoms. The minimum atomic E-state index is -0.209. The Kier molecular flexibility index (Phi) is 3.10. The van der Waals surface area contributed by atoms with E-state index in [0.717, 1.165) is 39.1 Å². The fourth-order valence-corrected chi connectivity index (χ4v) is 1.85. The summed E-state index contributed by atoms with van der Waals surface area (Å²) in [6.45, 7) is 5.65. The smallest absolute Gasteiger partial charge is 0.194 e. The predicted molar refractivity (Wildman–Crippen MR) is 53.2 cm³/mol. The summed E-state index contributed by atoms with van der Waals surface area (Å²) < 4.78 is 0. The molecule has 0 spiro atoms. The standard InChI is InChI=1S/C9H18N4O/c14-8-2-9(11-12-9)1-5-13-6-3-10-4-7-13/h10,14H,1-8H2. The highest BCUT2D eigenvalue weighted by Gasteiger charge is 2.39. The fraction of sp³-hybridized carbons (Fsp3) is 1.00. The van der Waals surface area contributed by atoms with E-state index in [-0.39, 0.29) is 12.3 Å². The molecule has 2 heterocycles. The predicted octanol–water partition coefficient (Wildman–Crippen LogP) is -0.174. The molecule has 0 aromatic rings. The van der Waals surface area contributed by atoms with E-state index in [9.17, 15) is 0 Å². The Morgan fingerprint density at radius 3 is 2.50 bits per heavy atom. The second kappa shape index (κ2) is 4.33. The van der Waals surface area contributed by atoms with Gasteiger partial charge in [-0.1, -0.05) is 0 Å². The lowest BCUT2D eigenvalue weighted by molar-refractivity contribution is 0.212. The Morgan fingerprint density at radius 1 is 1.21 bits per heavy atom. The first kappa shape index (κ1) is 10.0. The summed E-state index contributed by atoms with van der Waals surface area (Å²) in [5, 5.41) is 20.2. The van der Waals surface area contributed by atoms with Gasteiger partial charge in [0.25, 0.3) is 0 Å². The van der Waals surface area contributed by atoms with Crippen molar-refractivity contribution >= 4 is 0 Å². The highest BCUT2D eigenvalue weighted by molar-refractivity contribution is 4.93. The van der Waals surface area contributed by atoms with Crippen molar-refractivity contribution in [3.63, 3.8) is 0 Å². The summed E-state index contributed by atoms with van der Waals surface area (Å²) in [7, 11) is 0. The fourth-order valence-electron chi connectivity index (χ4n) is 1.85. The van der Waals surface area contributed by atoms with E-state index in [1.54, 1.807) is 0 Å². The van der Waals surface area contributed by atoms with Crippen LogP contribution < -0.4 is 5.32 Å². The summed E-state index contributed by atoms with van der Waals surface area (Å²) in [5.74, 6) is 0. The molecule has 5 nitrogen and oxygen atoms in total. The van der Waals surface area contributed by atoms with E-state index in [0.29, 0.717) is 6.42 Å². The zero-order valence-electron chi connectivity index (χ0n) is 8.45. The lowest BCUT2D eigenvalue weighted by atomic mass is 10.1. The Labute approximate surface area is 84.2 Å². The van der Waals surface area contributed by atoms with Crippen molar-refractivity contribution < 1.29 is 5.11 Å². The molecule has 2 aliphatic heterocycles. The first-order chi connectivity index (χ1) is 6.85. The van der Waals surface area contributed by atoms with Gasteiger partial charge in [0.1, 0.15) is 0 Å². The molecular weight excluding hydrogens is 180 g/mol. The van der Waals surface area contributed by atoms with Crippen LogP contribution in [0.25, 0.3) is 0 Å². The van der Waals surface area contributed by atoms with Gasteiger partial charge in [-0.3, -0.25) is 0 Å². The number of nitrogens with one attached hydrogen (secondary N) is 1. The van der Waals surface area contributed by atoms with E-state index >= 15 is 0 Å². The molecule has 0 unspecified atom stereocenters. The van der Waals surface area contributed by atoms with Crippen LogP contribution in [0.4, 0.5) is 0 Å². The molecule has 0 aromatic heterocycles. The molecular formula is C9H18N4O. The van der Waals surface area contributed by atoms with Crippen LogP contribution in [0.5, 0.6) is 0 Å². The van der Waals surface area contributed by atoms with Crippen LogP contribution in [0.15, 0.2) is 10.2 Å². The van der Waals surface area contributed by atoms with Gasteiger partial charge >= 0.3 is 0 Å². The molecule has 0 aliphatic carbocycles. The van der Waals surface area contributed by atoms with Gasteiger partial charge in [0.15, 0.2) is 5.66 Å². The first-order valence-corrected chi connectivity index (χ1v) is 5.33. The van der Waals surface area contributed by atoms with E-state index in [2.05, 4.69) is 20.4 Å². The molecule has 80 valence electrons. The zero-order valence-corrected chi connectivity index (χ0v) is 8.45. The van der Waals surface area contributed by atoms with Gasteiger partial charge in [-0.25, -0.2) is 0 Å². The normalized spacial score (nSPS) is 25.2. The number of nitrogens with zero attached hydrogens (tertiary/aromatic N) is 3. The molecule has 2 aliphatic rings. The van der Waals surface area contributed by atoms with Gasteiger partial charge in [-0.15, -0.1) is 0 Å². The van der Waals surface area contributed by atoms with Crippen molar-refractivity contribution in [2.45, 2.75) is 18.5 Å². The molecule has 2 N–H and O–H groups in total. The molecule has 14 heavy (non-hydrogen) atoms. The molecule has 0 saturated carbocycles. The number of hydrogen-bond donors (Lipinski definition) is 2. The van der Waals surface area contributed by atoms with Crippen molar-refractivity contribution in [3.8, 4) is 0 Å². The summed E-state index contributed by atoms with van der Waals surface area (Å²) in [4.78, 5) is 2.43. The van der Waals surface area contributed by atoms with E-state index in [4.69, 9.17) is 5.11 Å². The Balaban J connectivity index is 1.66. The molecule has 0 radical (unpaired) electrons. The SMILES string of the molecule is OCCC1(CCN2CCNCC2)N=N1. The van der Waals surface area contributed by atoms with Gasteiger partial charge in [-0.05, 0) is 0 Å². The number of rotatable bonds is 5. The minimum Gasteiger partial charge on any atom is -0.396 e. The van der Waals surface area contributed by atoms with Crippen LogP contribution in [-0.4, -0.2) is 55.0 Å². The van der Waals surface area contributed by atoms with E-state index in [1.165, 1.54) is 0 Å². The Hall–Kier alpha value is -0.520. The second-order valence-corrected chi connectivity index (χ2v) is 4.00. The van der Waals surface area contributed by atoms with Crippen molar-refractivity contribution in [2.75, 3.05) is 39.3 Å². The van der Waals surface area contributed by atoms with Crippen molar-refractivity contribution in [2.24, 2.45) is 10.2 Å². The monoisotopic (exact) mass is 198 g/mol. The molecule has 0 aromatic carbocycles. The number of aliphatic hydroxyl groups is 1. The molecule has 2 rings (SSSR count). The summed E-state index contributed by atoms with van der Waals surface area (Å²) in [6.07, 6.45) is 1.66. The van der Waals surface area contributed by atoms with Gasteiger partial charge in [0, 0.05) is 52.2 Å². The first-order valence-electron chi connectivity index (χ1n) is 5.33. The maximum absolute atomic E-state index is 8.84. The van der Waals surface area contributed by atoms with Gasteiger partial charge in [0.2, 0.25) is 0 Å². The van der Waals surface area contributed by atoms with Crippen LogP contribution in [0, 0.1) is 0 Å². The van der Waals surface area contributed by atoms with E-state index < -0.39 is 0 Å². The zero-order chi connectivity index (χ0) is 9.86. The number of piperazine rings is 1. The quantitative estimate of drug-likeness (QED) is 0.644. The van der Waals surface area contributed by atoms with Gasteiger partial charge in [-0.2, -0.15) is 10.2 Å². The molecule has 0 bridgehead atoms. The highest BCUT2D eigenvalue weighted by Crippen LogP contribution is 2.35. The maximum Gasteiger partial charge on any atom is 0.194 e. The lowest BCUT2D eigenvalue weighted by Crippen LogP contribution is -2.44. The largest absolute Gasteiger partial charge is 0.396 e. The van der Waals surface area contributed by atoms with Crippen molar-refractivity contribution in [1.29, 1.82) is 0 Å². The summed E-state index contributed by atoms with van der Waals surface area (Å²) in [5.41, 5.74) is -0.209. The molecule has 1 saturated heterocycles. The van der Waals surface area contributed by atoms with Gasteiger partial charge < -0.3 is 15.3 Å². The number of aliphatic hydroxyl groups excluding tert-OH is 1. The maximum atomic E-state index is 8.84. The van der Waals surface area contributed by atoms with Crippen LogP contribution in [0.1, 0.15) is 12.8 Å². The average Bonchev–Trinajstić information content (AvgIpc) is 2.98. The number of hydrogen-bond acceptors (Lipinski definition) is 5. The Bertz CT molecular complexity index is 207. The third kappa shape index (κ3) is 2.50. The molecule has 1 fully saturated rings. The van der Waals surface area contributed by atoms with Crippen molar-refractivity contribution in [1.82, 2.24) is 10.2 Å². The Morgan fingerprint density at radius 2 is 1.93 bits per heavy atom. The second-order valence-electron chi connectivity index (χ2n) is 4.00. The van der Waals surface area contributed by atoms with Gasteiger partial charge in [0.05, 0.1) is 0 Å². The van der Waals surface area contributed by atoms with E-state index in [1.807, 2.05) is 0 Å². The van der Waals surface area contributed by atoms with Crippen molar-refractivity contribution in [3.05, 3.63) is 0 Å². The average molecular weight is 198 g/mol. The summed E-state index contributed by atoms with van der Waals surface area (Å²) in [6, 6.07) is 0. The topological polar surface area (TPSA) is 60.2 Å². The highest BCUT2D eigenvalue weighted by atomic mass is 16.3.